The van der Waals surface area contributed by atoms with Crippen LogP contribution in [0.2, 0.25) is 0 Å². The Bertz CT molecular complexity index is 72.0. The van der Waals surface area contributed by atoms with Gasteiger partial charge in [0.05, 0.1) is 0 Å². The third kappa shape index (κ3) is 16.5. The molecule has 0 aromatic carbocycles. The van der Waals surface area contributed by atoms with Crippen LogP contribution < -0.4 is 0 Å². The Balaban J connectivity index is -0.000000245. The maximum absolute atomic E-state index is 4.05. The summed E-state index contributed by atoms with van der Waals surface area (Å²) < 4.78 is 0. The molecule has 10 heavy (non-hydrogen) atoms. The van der Waals surface area contributed by atoms with Crippen molar-refractivity contribution in [1.82, 2.24) is 0 Å². The van der Waals surface area contributed by atoms with Crippen LogP contribution in [0.1, 0.15) is 13.8 Å². The SMILES string of the molecule is [CH2-][C@H](C)C=NC[CH-]C.[Y].[Y]. The van der Waals surface area contributed by atoms with Gasteiger partial charge in [-0.3, -0.25) is 0 Å². The number of nitrogens with zero attached hydrogens (tertiary/aromatic N) is 1. The van der Waals surface area contributed by atoms with Crippen molar-refractivity contribution in [2.75, 3.05) is 6.54 Å². The Morgan fingerprint density at radius 1 is 1.60 bits per heavy atom. The van der Waals surface area contributed by atoms with Crippen molar-refractivity contribution in [2.45, 2.75) is 13.8 Å². The third-order valence-corrected chi connectivity index (χ3v) is 0.648. The maximum atomic E-state index is 4.05. The molecule has 0 bridgehead atoms. The standard InChI is InChI=1S/C7H13N.2Y/c1-4-5-8-6-7(2)3;;/h4,6-7H,2,5H2,1,3H3;;/q-2;;/t7-;;/m1../s1. The van der Waals surface area contributed by atoms with Crippen LogP contribution in [0, 0.1) is 19.3 Å². The van der Waals surface area contributed by atoms with Crippen molar-refractivity contribution < 1.29 is 65.4 Å². The summed E-state index contributed by atoms with van der Waals surface area (Å²) in [5, 5.41) is 0. The van der Waals surface area contributed by atoms with Gasteiger partial charge >= 0.3 is 0 Å². The summed E-state index contributed by atoms with van der Waals surface area (Å²) in [7, 11) is 0. The van der Waals surface area contributed by atoms with Crippen LogP contribution in [0.4, 0.5) is 0 Å². The van der Waals surface area contributed by atoms with E-state index >= 15 is 0 Å². The van der Waals surface area contributed by atoms with Gasteiger partial charge in [0.2, 0.25) is 0 Å². The molecule has 0 saturated heterocycles. The van der Waals surface area contributed by atoms with Crippen LogP contribution in [-0.2, 0) is 65.4 Å². The summed E-state index contributed by atoms with van der Waals surface area (Å²) in [6.07, 6.45) is 3.87. The van der Waals surface area contributed by atoms with E-state index in [4.69, 9.17) is 0 Å². The fraction of sp³-hybridized carbons (Fsp3) is 0.571. The fourth-order valence-electron chi connectivity index (χ4n) is 0.346. The smallest absolute Gasteiger partial charge is 0 e. The first-order chi connectivity index (χ1) is 3.77. The summed E-state index contributed by atoms with van der Waals surface area (Å²) in [5.74, 6) is 0.343. The summed E-state index contributed by atoms with van der Waals surface area (Å²) in [4.78, 5) is 4.05. The number of aliphatic imine (C=N–C) groups is 1. The van der Waals surface area contributed by atoms with Crippen LogP contribution in [0.5, 0.6) is 0 Å². The molecule has 0 aliphatic heterocycles. The van der Waals surface area contributed by atoms with Gasteiger partial charge in [0.15, 0.2) is 0 Å². The molecule has 0 amide bonds. The molecule has 1 nitrogen and oxygen atoms in total. The van der Waals surface area contributed by atoms with Gasteiger partial charge in [0.25, 0.3) is 0 Å². The van der Waals surface area contributed by atoms with Gasteiger partial charge in [-0.1, -0.05) is 13.5 Å². The summed E-state index contributed by atoms with van der Waals surface area (Å²) in [5.41, 5.74) is 0. The molecule has 2 radical (unpaired) electrons. The molecule has 0 unspecified atom stereocenters. The molecule has 0 heterocycles. The predicted molar refractivity (Wildman–Crippen MR) is 37.9 cm³/mol. The minimum Gasteiger partial charge on any atom is -0.335 e. The normalized spacial score (nSPS) is 11.9. The van der Waals surface area contributed by atoms with E-state index in [1.165, 1.54) is 0 Å². The van der Waals surface area contributed by atoms with E-state index in [-0.39, 0.29) is 65.4 Å². The molecule has 3 heteroatoms. The zero-order valence-corrected chi connectivity index (χ0v) is 12.4. The minimum absolute atomic E-state index is 0. The maximum Gasteiger partial charge on any atom is 0 e. The minimum atomic E-state index is 0. The molecule has 0 aromatic rings. The van der Waals surface area contributed by atoms with Crippen LogP contribution in [-0.4, -0.2) is 12.8 Å². The van der Waals surface area contributed by atoms with E-state index in [2.05, 4.69) is 11.9 Å². The fourth-order valence-corrected chi connectivity index (χ4v) is 0.346. The Morgan fingerprint density at radius 3 is 2.40 bits per heavy atom. The third-order valence-electron chi connectivity index (χ3n) is 0.648. The van der Waals surface area contributed by atoms with Crippen LogP contribution in [0.3, 0.4) is 0 Å². The van der Waals surface area contributed by atoms with E-state index in [0.717, 1.165) is 6.54 Å². The predicted octanol–water partition coefficient (Wildman–Crippen LogP) is 1.75. The molecule has 0 rings (SSSR count). The number of rotatable bonds is 3. The monoisotopic (exact) mass is 289 g/mol. The van der Waals surface area contributed by atoms with Gasteiger partial charge in [-0.25, -0.2) is 0 Å². The van der Waals surface area contributed by atoms with Crippen molar-refractivity contribution in [3.05, 3.63) is 13.3 Å². The van der Waals surface area contributed by atoms with E-state index in [9.17, 15) is 0 Å². The zero-order chi connectivity index (χ0) is 6.41. The largest absolute Gasteiger partial charge is 0.335 e. The van der Waals surface area contributed by atoms with Crippen molar-refractivity contribution in [1.29, 1.82) is 0 Å². The second-order valence-electron chi connectivity index (χ2n) is 1.90. The molecule has 0 fully saturated rings. The van der Waals surface area contributed by atoms with Crippen molar-refractivity contribution >= 4 is 6.21 Å². The molecule has 0 aliphatic rings. The van der Waals surface area contributed by atoms with E-state index in [1.54, 1.807) is 0 Å². The molecule has 54 valence electrons. The Kier molecular flexibility index (Phi) is 24.0. The van der Waals surface area contributed by atoms with Gasteiger partial charge < -0.3 is 18.3 Å². The summed E-state index contributed by atoms with van der Waals surface area (Å²) in [6.45, 7) is 8.57. The van der Waals surface area contributed by atoms with Gasteiger partial charge in [0, 0.05) is 65.4 Å². The molecule has 0 saturated carbocycles. The van der Waals surface area contributed by atoms with E-state index in [1.807, 2.05) is 26.5 Å². The van der Waals surface area contributed by atoms with Crippen molar-refractivity contribution in [2.24, 2.45) is 10.9 Å². The summed E-state index contributed by atoms with van der Waals surface area (Å²) in [6, 6.07) is 0. The van der Waals surface area contributed by atoms with Gasteiger partial charge in [0.1, 0.15) is 0 Å². The van der Waals surface area contributed by atoms with Crippen LogP contribution in [0.25, 0.3) is 0 Å². The first kappa shape index (κ1) is 17.8. The van der Waals surface area contributed by atoms with Crippen LogP contribution >= 0.6 is 0 Å². The average molecular weight is 289 g/mol. The number of hydrogen-bond acceptors (Lipinski definition) is 1. The second-order valence-corrected chi connectivity index (χ2v) is 1.90. The topological polar surface area (TPSA) is 12.4 Å². The molecule has 1 atom stereocenters. The quantitative estimate of drug-likeness (QED) is 0.554. The molecule has 0 spiro atoms. The first-order valence-electron chi connectivity index (χ1n) is 2.88. The Labute approximate surface area is 115 Å². The van der Waals surface area contributed by atoms with Gasteiger partial charge in [-0.15, -0.1) is 5.92 Å². The first-order valence-corrected chi connectivity index (χ1v) is 2.88. The zero-order valence-electron chi connectivity index (χ0n) is 6.75. The second kappa shape index (κ2) is 13.5. The molecular weight excluding hydrogens is 276 g/mol. The van der Waals surface area contributed by atoms with Gasteiger partial charge in [-0.2, -0.15) is 6.92 Å². The molecular formula is C7H13NY2-2. The van der Waals surface area contributed by atoms with Crippen LogP contribution in [0.15, 0.2) is 4.99 Å². The van der Waals surface area contributed by atoms with E-state index in [0.29, 0.717) is 5.92 Å². The average Bonchev–Trinajstić information content (AvgIpc) is 1.66. The number of hydrogen-bond donors (Lipinski definition) is 0. The Morgan fingerprint density at radius 2 is 2.10 bits per heavy atom. The molecule has 0 N–H and O–H groups in total. The van der Waals surface area contributed by atoms with E-state index < -0.39 is 0 Å². The van der Waals surface area contributed by atoms with Crippen molar-refractivity contribution in [3.63, 3.8) is 0 Å². The molecule has 0 aliphatic carbocycles. The molecule has 0 aromatic heterocycles. The summed E-state index contributed by atoms with van der Waals surface area (Å²) >= 11 is 0. The van der Waals surface area contributed by atoms with Gasteiger partial charge in [-0.05, 0) is 6.21 Å². The van der Waals surface area contributed by atoms with Crippen molar-refractivity contribution in [3.8, 4) is 0 Å². The Hall–Kier alpha value is 1.88.